The zero-order valence-corrected chi connectivity index (χ0v) is 40.6. The molecule has 3 fully saturated rings. The molecular formula is C53H61N9O8. The van der Waals surface area contributed by atoms with Gasteiger partial charge in [0.1, 0.15) is 23.7 Å². The van der Waals surface area contributed by atoms with E-state index in [1.165, 1.54) is 38.2 Å². The Balaban J connectivity index is 0.955. The summed E-state index contributed by atoms with van der Waals surface area (Å²) in [6.45, 7) is 8.58. The number of hydrogen-bond acceptors (Lipinski definition) is 11. The van der Waals surface area contributed by atoms with E-state index in [0.29, 0.717) is 47.6 Å². The molecule has 366 valence electrons. The molecule has 4 aliphatic rings. The highest BCUT2D eigenvalue weighted by atomic mass is 16.5. The lowest BCUT2D eigenvalue weighted by Gasteiger charge is -2.30. The maximum absolute atomic E-state index is 14.0. The number of ether oxygens (including phenoxy) is 2. The number of H-pyrrole nitrogens is 2. The van der Waals surface area contributed by atoms with Crippen molar-refractivity contribution in [3.63, 3.8) is 0 Å². The van der Waals surface area contributed by atoms with Gasteiger partial charge in [0.2, 0.25) is 11.8 Å². The number of methoxy groups -OCH3 is 2. The van der Waals surface area contributed by atoms with E-state index >= 15 is 0 Å². The Morgan fingerprint density at radius 1 is 0.714 bits per heavy atom. The van der Waals surface area contributed by atoms with Crippen LogP contribution in [0.2, 0.25) is 0 Å². The van der Waals surface area contributed by atoms with Crippen LogP contribution in [0.1, 0.15) is 114 Å². The number of alkyl carbamates (subject to hydrolysis) is 2. The number of hydrogen-bond donors (Lipinski definition) is 4. The number of aromatic amines is 2. The van der Waals surface area contributed by atoms with Gasteiger partial charge in [-0.3, -0.25) is 14.4 Å². The first kappa shape index (κ1) is 46.7. The van der Waals surface area contributed by atoms with Gasteiger partial charge in [-0.2, -0.15) is 0 Å². The summed E-state index contributed by atoms with van der Waals surface area (Å²) in [4.78, 5) is 85.7. The highest BCUT2D eigenvalue weighted by Gasteiger charge is 2.43. The molecule has 1 saturated carbocycles. The number of rotatable bonds is 11. The SMILES string of the molecule is COC(=O)NC(C(=O)N1CCCC1c1ncc(-c2ccc(-c3ccc(-c4ccc5nc(C6CCCN6C(=O)C(NC(=O)OC)C(C)C)[nH]c(=O)c5c4)c4c3CC3(CCCC3)C4)c3cnoc23)[nH]1)C(C)C. The predicted molar refractivity (Wildman–Crippen MR) is 262 cm³/mol. The van der Waals surface area contributed by atoms with Crippen LogP contribution in [0.3, 0.4) is 0 Å². The van der Waals surface area contributed by atoms with Crippen molar-refractivity contribution in [1.82, 2.24) is 45.5 Å². The van der Waals surface area contributed by atoms with Gasteiger partial charge in [0.05, 0.1) is 60.7 Å². The number of amides is 4. The van der Waals surface area contributed by atoms with Crippen molar-refractivity contribution in [1.29, 1.82) is 0 Å². The fourth-order valence-corrected chi connectivity index (χ4v) is 11.8. The first-order valence-corrected chi connectivity index (χ1v) is 24.7. The fourth-order valence-electron chi connectivity index (χ4n) is 11.8. The minimum absolute atomic E-state index is 0.143. The average Bonchev–Trinajstić information content (AvgIpc) is 4.23. The van der Waals surface area contributed by atoms with Crippen molar-refractivity contribution >= 4 is 45.9 Å². The van der Waals surface area contributed by atoms with Crippen LogP contribution in [-0.4, -0.2) is 98.3 Å². The molecule has 4 N–H and O–H groups in total. The monoisotopic (exact) mass is 951 g/mol. The molecule has 0 radical (unpaired) electrons. The van der Waals surface area contributed by atoms with E-state index in [1.807, 2.05) is 52.0 Å². The largest absolute Gasteiger partial charge is 0.453 e. The number of aromatic nitrogens is 5. The number of likely N-dealkylation sites (tertiary alicyclic amines) is 2. The number of nitrogens with one attached hydrogen (secondary N) is 4. The zero-order chi connectivity index (χ0) is 49.0. The second kappa shape index (κ2) is 18.7. The zero-order valence-electron chi connectivity index (χ0n) is 40.6. The molecule has 5 heterocycles. The van der Waals surface area contributed by atoms with Crippen LogP contribution < -0.4 is 16.2 Å². The summed E-state index contributed by atoms with van der Waals surface area (Å²) in [6.07, 6.45) is 11.8. The van der Waals surface area contributed by atoms with E-state index in [1.54, 1.807) is 22.2 Å². The lowest BCUT2D eigenvalue weighted by atomic mass is 9.82. The van der Waals surface area contributed by atoms with Gasteiger partial charge in [0.15, 0.2) is 5.58 Å². The second-order valence-corrected chi connectivity index (χ2v) is 20.4. The number of fused-ring (bicyclic) bond motifs is 3. The van der Waals surface area contributed by atoms with Crippen LogP contribution >= 0.6 is 0 Å². The van der Waals surface area contributed by atoms with Crippen LogP contribution in [0, 0.1) is 17.3 Å². The third-order valence-electron chi connectivity index (χ3n) is 15.4. The molecule has 10 rings (SSSR count). The van der Waals surface area contributed by atoms with Crippen molar-refractivity contribution in [3.8, 4) is 33.5 Å². The summed E-state index contributed by atoms with van der Waals surface area (Å²) in [5, 5.41) is 11.1. The van der Waals surface area contributed by atoms with Gasteiger partial charge in [0.25, 0.3) is 5.56 Å². The van der Waals surface area contributed by atoms with Crippen LogP contribution in [0.25, 0.3) is 55.4 Å². The Morgan fingerprint density at radius 3 is 1.93 bits per heavy atom. The van der Waals surface area contributed by atoms with E-state index in [0.717, 1.165) is 83.8 Å². The summed E-state index contributed by atoms with van der Waals surface area (Å²) < 4.78 is 15.6. The van der Waals surface area contributed by atoms with Gasteiger partial charge < -0.3 is 44.4 Å². The van der Waals surface area contributed by atoms with Crippen molar-refractivity contribution in [2.24, 2.45) is 17.3 Å². The third kappa shape index (κ3) is 8.36. The van der Waals surface area contributed by atoms with Crippen molar-refractivity contribution < 1.29 is 33.2 Å². The Morgan fingerprint density at radius 2 is 1.30 bits per heavy atom. The smallest absolute Gasteiger partial charge is 0.407 e. The normalized spacial score (nSPS) is 19.4. The quantitative estimate of drug-likeness (QED) is 0.0965. The lowest BCUT2D eigenvalue weighted by molar-refractivity contribution is -0.136. The Labute approximate surface area is 405 Å². The van der Waals surface area contributed by atoms with Gasteiger partial charge in [-0.1, -0.05) is 70.0 Å². The summed E-state index contributed by atoms with van der Waals surface area (Å²) in [7, 11) is 2.56. The molecule has 4 atom stereocenters. The van der Waals surface area contributed by atoms with Crippen molar-refractivity contribution in [2.75, 3.05) is 27.3 Å². The minimum Gasteiger partial charge on any atom is -0.453 e. The topological polar surface area (TPSA) is 218 Å². The number of carbonyl (C=O) groups excluding carboxylic acids is 4. The van der Waals surface area contributed by atoms with Gasteiger partial charge in [-0.15, -0.1) is 0 Å². The molecule has 2 aliphatic carbocycles. The molecule has 17 nitrogen and oxygen atoms in total. The van der Waals surface area contributed by atoms with E-state index in [9.17, 15) is 24.0 Å². The summed E-state index contributed by atoms with van der Waals surface area (Å²) >= 11 is 0. The highest BCUT2D eigenvalue weighted by Crippen LogP contribution is 2.54. The summed E-state index contributed by atoms with van der Waals surface area (Å²) in [5.74, 6) is 0.371. The molecule has 2 aliphatic heterocycles. The Bertz CT molecular complexity index is 3070. The maximum atomic E-state index is 14.0. The third-order valence-corrected chi connectivity index (χ3v) is 15.4. The van der Waals surface area contributed by atoms with Crippen molar-refractivity contribution in [3.05, 3.63) is 88.0 Å². The molecule has 2 saturated heterocycles. The molecule has 4 amide bonds. The molecular weight excluding hydrogens is 891 g/mol. The number of carbonyl (C=O) groups is 4. The molecule has 17 heteroatoms. The van der Waals surface area contributed by atoms with E-state index in [2.05, 4.69) is 44.0 Å². The molecule has 70 heavy (non-hydrogen) atoms. The number of benzene rings is 3. The van der Waals surface area contributed by atoms with Gasteiger partial charge in [-0.05, 0) is 120 Å². The van der Waals surface area contributed by atoms with Gasteiger partial charge in [0, 0.05) is 18.7 Å². The van der Waals surface area contributed by atoms with Crippen LogP contribution in [0.5, 0.6) is 0 Å². The Hall–Kier alpha value is -7.04. The van der Waals surface area contributed by atoms with Crippen LogP contribution in [0.15, 0.2) is 64.2 Å². The molecule has 4 unspecified atom stereocenters. The Kier molecular flexibility index (Phi) is 12.5. The first-order chi connectivity index (χ1) is 33.8. The minimum atomic E-state index is -0.782. The molecule has 3 aromatic carbocycles. The number of nitrogens with zero attached hydrogens (tertiary/aromatic N) is 5. The van der Waals surface area contributed by atoms with E-state index in [4.69, 9.17) is 24.0 Å². The standard InChI is InChI=1S/C53H61N9O8/c1-28(2)43(58-51(66)68-5)49(64)61-21-9-11-41(61)46-54-27-40(57-46)34-17-16-33(38-26-55-70-45(34)38)32-15-14-31(36-24-53(25-37(32)36)19-7-8-20-53)30-13-18-39-35(23-30)48(63)60-47(56-39)42-12-10-22-62(42)50(65)44(29(3)4)59-52(67)69-6/h13-18,23,26-29,41-44H,7-12,19-22,24-25H2,1-6H3,(H,54,57)(H,58,66)(H,59,67)(H,56,60,63). The molecule has 0 bridgehead atoms. The van der Waals surface area contributed by atoms with E-state index < -0.39 is 30.3 Å². The molecule has 3 aromatic heterocycles. The van der Waals surface area contributed by atoms with Crippen molar-refractivity contribution in [2.45, 2.75) is 116 Å². The summed E-state index contributed by atoms with van der Waals surface area (Å²) in [6, 6.07) is 12.2. The maximum Gasteiger partial charge on any atom is 0.407 e. The van der Waals surface area contributed by atoms with Gasteiger partial charge in [-0.25, -0.2) is 19.6 Å². The first-order valence-electron chi connectivity index (χ1n) is 24.7. The highest BCUT2D eigenvalue weighted by molar-refractivity contribution is 6.02. The van der Waals surface area contributed by atoms with Crippen LogP contribution in [0.4, 0.5) is 9.59 Å². The van der Waals surface area contributed by atoms with Crippen LogP contribution in [-0.2, 0) is 31.9 Å². The lowest BCUT2D eigenvalue weighted by Crippen LogP contribution is -2.51. The average molecular weight is 952 g/mol. The predicted octanol–water partition coefficient (Wildman–Crippen LogP) is 8.54. The van der Waals surface area contributed by atoms with E-state index in [-0.39, 0.29) is 40.7 Å². The summed E-state index contributed by atoms with van der Waals surface area (Å²) in [5.41, 5.74) is 9.44. The van der Waals surface area contributed by atoms with Gasteiger partial charge >= 0.3 is 12.2 Å². The second-order valence-electron chi connectivity index (χ2n) is 20.4. The molecule has 1 spiro atoms. The molecule has 6 aromatic rings. The fraction of sp³-hybridized carbons (Fsp3) is 0.472. The number of imidazole rings is 1.